The summed E-state index contributed by atoms with van der Waals surface area (Å²) in [6, 6.07) is 5.61. The fourth-order valence-electron chi connectivity index (χ4n) is 1.93. The van der Waals surface area contributed by atoms with Crippen LogP contribution in [0.3, 0.4) is 0 Å². The van der Waals surface area contributed by atoms with Crippen molar-refractivity contribution in [2.24, 2.45) is 0 Å². The molecule has 0 unspecified atom stereocenters. The van der Waals surface area contributed by atoms with E-state index in [9.17, 15) is 13.2 Å². The fraction of sp³-hybridized carbons (Fsp3) is 0. The first kappa shape index (κ1) is 11.6. The molecule has 6 heteroatoms. The number of hydrogen-bond acceptors (Lipinski definition) is 2. The Balaban J connectivity index is 2.34. The van der Waals surface area contributed by atoms with Gasteiger partial charge in [0, 0.05) is 11.8 Å². The van der Waals surface area contributed by atoms with Gasteiger partial charge in [-0.05, 0) is 30.3 Å². The standard InChI is InChI=1S/C13H8F3N3/c14-7-3-4-9(15)8(6-7)11-12(17)19-5-1-2-10(16)13(19)18-11/h1-6H,17H2. The molecule has 0 amide bonds. The van der Waals surface area contributed by atoms with E-state index in [0.29, 0.717) is 0 Å². The second kappa shape index (κ2) is 4.01. The average Bonchev–Trinajstić information content (AvgIpc) is 2.72. The van der Waals surface area contributed by atoms with Crippen LogP contribution in [-0.2, 0) is 0 Å². The van der Waals surface area contributed by atoms with Crippen molar-refractivity contribution in [2.75, 3.05) is 5.73 Å². The van der Waals surface area contributed by atoms with Crippen LogP contribution in [0.5, 0.6) is 0 Å². The van der Waals surface area contributed by atoms with Gasteiger partial charge in [0.25, 0.3) is 0 Å². The van der Waals surface area contributed by atoms with Crippen LogP contribution in [-0.4, -0.2) is 9.38 Å². The number of hydrogen-bond donors (Lipinski definition) is 1. The number of benzene rings is 1. The first-order valence-corrected chi connectivity index (χ1v) is 5.45. The van der Waals surface area contributed by atoms with Gasteiger partial charge in [-0.15, -0.1) is 0 Å². The lowest BCUT2D eigenvalue weighted by Gasteiger charge is -2.01. The van der Waals surface area contributed by atoms with Crippen molar-refractivity contribution in [2.45, 2.75) is 0 Å². The number of nitrogens with zero attached hydrogens (tertiary/aromatic N) is 2. The van der Waals surface area contributed by atoms with Gasteiger partial charge in [0.2, 0.25) is 0 Å². The van der Waals surface area contributed by atoms with Crippen molar-refractivity contribution >= 4 is 11.5 Å². The average molecular weight is 263 g/mol. The summed E-state index contributed by atoms with van der Waals surface area (Å²) in [5.41, 5.74) is 5.69. The maximum Gasteiger partial charge on any atom is 0.175 e. The molecule has 0 saturated heterocycles. The molecule has 2 aromatic heterocycles. The Morgan fingerprint density at radius 2 is 1.84 bits per heavy atom. The smallest absolute Gasteiger partial charge is 0.175 e. The molecule has 3 nitrogen and oxygen atoms in total. The van der Waals surface area contributed by atoms with E-state index < -0.39 is 17.5 Å². The zero-order valence-electron chi connectivity index (χ0n) is 9.57. The number of imidazole rings is 1. The molecule has 0 aliphatic rings. The summed E-state index contributed by atoms with van der Waals surface area (Å²) in [6.07, 6.45) is 1.50. The molecule has 3 aromatic rings. The molecule has 0 atom stereocenters. The molecule has 0 aliphatic carbocycles. The second-order valence-corrected chi connectivity index (χ2v) is 4.02. The van der Waals surface area contributed by atoms with Crippen LogP contribution < -0.4 is 5.73 Å². The quantitative estimate of drug-likeness (QED) is 0.733. The van der Waals surface area contributed by atoms with Crippen LogP contribution in [0.4, 0.5) is 19.0 Å². The fourth-order valence-corrected chi connectivity index (χ4v) is 1.93. The molecule has 96 valence electrons. The third kappa shape index (κ3) is 1.72. The van der Waals surface area contributed by atoms with E-state index in [-0.39, 0.29) is 22.7 Å². The third-order valence-electron chi connectivity index (χ3n) is 2.82. The predicted molar refractivity (Wildman–Crippen MR) is 64.9 cm³/mol. The highest BCUT2D eigenvalue weighted by Crippen LogP contribution is 2.29. The molecular formula is C13H8F3N3. The highest BCUT2D eigenvalue weighted by Gasteiger charge is 2.17. The van der Waals surface area contributed by atoms with Crippen LogP contribution in [0.2, 0.25) is 0 Å². The number of halogens is 3. The van der Waals surface area contributed by atoms with Crippen molar-refractivity contribution < 1.29 is 13.2 Å². The van der Waals surface area contributed by atoms with Crippen LogP contribution in [0.15, 0.2) is 36.5 Å². The molecular weight excluding hydrogens is 255 g/mol. The SMILES string of the molecule is Nc1c(-c2cc(F)ccc2F)nc2c(F)cccn12. The molecule has 1 aromatic carbocycles. The Bertz CT molecular complexity index is 780. The first-order chi connectivity index (χ1) is 9.08. The monoisotopic (exact) mass is 263 g/mol. The highest BCUT2D eigenvalue weighted by molar-refractivity contribution is 5.75. The molecule has 0 spiro atoms. The van der Waals surface area contributed by atoms with Crippen molar-refractivity contribution in [3.05, 3.63) is 54.0 Å². The predicted octanol–water partition coefficient (Wildman–Crippen LogP) is 3.00. The Kier molecular flexibility index (Phi) is 2.45. The van der Waals surface area contributed by atoms with E-state index in [1.807, 2.05) is 0 Å². The normalized spacial score (nSPS) is 11.1. The molecule has 2 heterocycles. The second-order valence-electron chi connectivity index (χ2n) is 4.02. The number of aromatic nitrogens is 2. The summed E-state index contributed by atoms with van der Waals surface area (Å²) in [6.45, 7) is 0. The van der Waals surface area contributed by atoms with Gasteiger partial charge in [-0.1, -0.05) is 0 Å². The summed E-state index contributed by atoms with van der Waals surface area (Å²) in [5, 5.41) is 0. The van der Waals surface area contributed by atoms with Gasteiger partial charge in [0.1, 0.15) is 23.1 Å². The van der Waals surface area contributed by atoms with E-state index in [1.54, 1.807) is 0 Å². The lowest BCUT2D eigenvalue weighted by Crippen LogP contribution is -1.95. The molecule has 0 saturated carbocycles. The molecule has 0 fully saturated rings. The lowest BCUT2D eigenvalue weighted by atomic mass is 10.1. The van der Waals surface area contributed by atoms with Gasteiger partial charge in [0.15, 0.2) is 11.5 Å². The lowest BCUT2D eigenvalue weighted by molar-refractivity contribution is 0.603. The molecule has 0 bridgehead atoms. The number of rotatable bonds is 1. The molecule has 0 radical (unpaired) electrons. The topological polar surface area (TPSA) is 43.3 Å². The van der Waals surface area contributed by atoms with Gasteiger partial charge in [-0.25, -0.2) is 18.2 Å². The maximum atomic E-state index is 13.7. The van der Waals surface area contributed by atoms with E-state index in [2.05, 4.69) is 4.98 Å². The van der Waals surface area contributed by atoms with E-state index in [1.165, 1.54) is 22.7 Å². The van der Waals surface area contributed by atoms with Gasteiger partial charge >= 0.3 is 0 Å². The number of pyridine rings is 1. The Labute approximate surface area is 106 Å². The van der Waals surface area contributed by atoms with Gasteiger partial charge in [0.05, 0.1) is 0 Å². The Morgan fingerprint density at radius 3 is 2.58 bits per heavy atom. The maximum absolute atomic E-state index is 13.7. The Morgan fingerprint density at radius 1 is 1.05 bits per heavy atom. The first-order valence-electron chi connectivity index (χ1n) is 5.45. The van der Waals surface area contributed by atoms with Crippen LogP contribution in [0, 0.1) is 17.5 Å². The van der Waals surface area contributed by atoms with E-state index in [0.717, 1.165) is 18.2 Å². The molecule has 3 rings (SSSR count). The van der Waals surface area contributed by atoms with Gasteiger partial charge < -0.3 is 5.73 Å². The molecule has 2 N–H and O–H groups in total. The number of fused-ring (bicyclic) bond motifs is 1. The minimum atomic E-state index is -0.670. The van der Waals surface area contributed by atoms with Gasteiger partial charge in [-0.3, -0.25) is 4.40 Å². The summed E-state index contributed by atoms with van der Waals surface area (Å²) >= 11 is 0. The van der Waals surface area contributed by atoms with Crippen molar-refractivity contribution in [3.8, 4) is 11.3 Å². The zero-order chi connectivity index (χ0) is 13.6. The van der Waals surface area contributed by atoms with Crippen molar-refractivity contribution in [1.82, 2.24) is 9.38 Å². The van der Waals surface area contributed by atoms with E-state index in [4.69, 9.17) is 5.73 Å². The van der Waals surface area contributed by atoms with Crippen molar-refractivity contribution in [1.29, 1.82) is 0 Å². The summed E-state index contributed by atoms with van der Waals surface area (Å²) in [4.78, 5) is 3.94. The highest BCUT2D eigenvalue weighted by atomic mass is 19.1. The van der Waals surface area contributed by atoms with E-state index >= 15 is 0 Å². The number of anilines is 1. The van der Waals surface area contributed by atoms with Crippen molar-refractivity contribution in [3.63, 3.8) is 0 Å². The summed E-state index contributed by atoms with van der Waals surface area (Å²) in [5.74, 6) is -1.82. The minimum Gasteiger partial charge on any atom is -0.383 e. The minimum absolute atomic E-state index is 0.0158. The zero-order valence-corrected chi connectivity index (χ0v) is 9.57. The van der Waals surface area contributed by atoms with Gasteiger partial charge in [-0.2, -0.15) is 0 Å². The Hall–Kier alpha value is -2.50. The number of nitrogen functional groups attached to an aromatic ring is 1. The van der Waals surface area contributed by atoms with Crippen LogP contribution >= 0.6 is 0 Å². The largest absolute Gasteiger partial charge is 0.383 e. The van der Waals surface area contributed by atoms with Crippen LogP contribution in [0.1, 0.15) is 0 Å². The summed E-state index contributed by atoms with van der Waals surface area (Å²) < 4.78 is 41.7. The third-order valence-corrected chi connectivity index (χ3v) is 2.82. The summed E-state index contributed by atoms with van der Waals surface area (Å²) in [7, 11) is 0. The molecule has 0 aliphatic heterocycles. The molecule has 19 heavy (non-hydrogen) atoms. The number of nitrogens with two attached hydrogens (primary N) is 1. The van der Waals surface area contributed by atoms with Crippen LogP contribution in [0.25, 0.3) is 16.9 Å².